The number of likely N-dealkylation sites (tertiary alicyclic amines) is 1. The van der Waals surface area contributed by atoms with Crippen molar-refractivity contribution in [3.63, 3.8) is 0 Å². The lowest BCUT2D eigenvalue weighted by Gasteiger charge is -2.18. The van der Waals surface area contributed by atoms with Gasteiger partial charge in [0.2, 0.25) is 11.8 Å². The molecule has 2 unspecified atom stereocenters. The van der Waals surface area contributed by atoms with Crippen LogP contribution in [0.15, 0.2) is 12.1 Å². The zero-order valence-electron chi connectivity index (χ0n) is 11.6. The standard InChI is InChI=1S/C14H20N2O2S/c1-4-7-16-13(17)8-11(14(16)18)15-10(3)12-6-5-9(2)19-12/h5-6,10-11,15H,4,7-8H2,1-3H3. The number of nitrogens with one attached hydrogen (secondary N) is 1. The van der Waals surface area contributed by atoms with Crippen molar-refractivity contribution in [3.05, 3.63) is 21.9 Å². The van der Waals surface area contributed by atoms with Gasteiger partial charge in [0.15, 0.2) is 0 Å². The van der Waals surface area contributed by atoms with Crippen LogP contribution in [0.1, 0.15) is 42.5 Å². The van der Waals surface area contributed by atoms with Crippen molar-refractivity contribution in [2.45, 2.75) is 45.7 Å². The topological polar surface area (TPSA) is 49.4 Å². The Bertz CT molecular complexity index is 484. The van der Waals surface area contributed by atoms with Crippen LogP contribution in [0.5, 0.6) is 0 Å². The van der Waals surface area contributed by atoms with Crippen molar-refractivity contribution in [1.29, 1.82) is 0 Å². The summed E-state index contributed by atoms with van der Waals surface area (Å²) in [7, 11) is 0. The fourth-order valence-corrected chi connectivity index (χ4v) is 3.23. The van der Waals surface area contributed by atoms with E-state index in [2.05, 4.69) is 24.4 Å². The van der Waals surface area contributed by atoms with Crippen LogP contribution in [0.25, 0.3) is 0 Å². The van der Waals surface area contributed by atoms with Gasteiger partial charge in [-0.05, 0) is 32.4 Å². The lowest BCUT2D eigenvalue weighted by molar-refractivity contribution is -0.138. The van der Waals surface area contributed by atoms with Crippen molar-refractivity contribution < 1.29 is 9.59 Å². The van der Waals surface area contributed by atoms with Gasteiger partial charge >= 0.3 is 0 Å². The maximum absolute atomic E-state index is 12.1. The van der Waals surface area contributed by atoms with Crippen LogP contribution in [0.3, 0.4) is 0 Å². The molecular weight excluding hydrogens is 260 g/mol. The smallest absolute Gasteiger partial charge is 0.246 e. The number of hydrogen-bond acceptors (Lipinski definition) is 4. The van der Waals surface area contributed by atoms with Gasteiger partial charge in [-0.2, -0.15) is 0 Å². The van der Waals surface area contributed by atoms with Gasteiger partial charge in [-0.25, -0.2) is 0 Å². The summed E-state index contributed by atoms with van der Waals surface area (Å²) in [6, 6.07) is 3.88. The summed E-state index contributed by atoms with van der Waals surface area (Å²) >= 11 is 1.72. The normalized spacial score (nSPS) is 21.2. The Morgan fingerprint density at radius 3 is 2.79 bits per heavy atom. The van der Waals surface area contributed by atoms with Crippen molar-refractivity contribution in [2.75, 3.05) is 6.54 Å². The Hall–Kier alpha value is -1.20. The Balaban J connectivity index is 2.00. The second-order valence-electron chi connectivity index (χ2n) is 4.98. The highest BCUT2D eigenvalue weighted by molar-refractivity contribution is 7.12. The van der Waals surface area contributed by atoms with E-state index < -0.39 is 0 Å². The summed E-state index contributed by atoms with van der Waals surface area (Å²) < 4.78 is 0. The molecular formula is C14H20N2O2S. The minimum Gasteiger partial charge on any atom is -0.298 e. The van der Waals surface area contributed by atoms with Crippen LogP contribution in [0.4, 0.5) is 0 Å². The number of imide groups is 1. The predicted octanol–water partition coefficient (Wildman–Crippen LogP) is 2.24. The van der Waals surface area contributed by atoms with E-state index in [0.717, 1.165) is 6.42 Å². The van der Waals surface area contributed by atoms with E-state index >= 15 is 0 Å². The molecule has 2 amide bonds. The van der Waals surface area contributed by atoms with E-state index in [1.807, 2.05) is 13.8 Å². The highest BCUT2D eigenvalue weighted by atomic mass is 32.1. The van der Waals surface area contributed by atoms with E-state index in [1.54, 1.807) is 11.3 Å². The van der Waals surface area contributed by atoms with E-state index in [9.17, 15) is 9.59 Å². The van der Waals surface area contributed by atoms with Gasteiger partial charge in [0.1, 0.15) is 0 Å². The zero-order chi connectivity index (χ0) is 14.0. The molecule has 1 N–H and O–H groups in total. The number of thiophene rings is 1. The average Bonchev–Trinajstić information content (AvgIpc) is 2.89. The molecule has 4 nitrogen and oxygen atoms in total. The van der Waals surface area contributed by atoms with Gasteiger partial charge in [0.25, 0.3) is 0 Å². The number of carbonyl (C=O) groups excluding carboxylic acids is 2. The molecule has 0 saturated carbocycles. The van der Waals surface area contributed by atoms with Crippen molar-refractivity contribution in [3.8, 4) is 0 Å². The minimum absolute atomic E-state index is 0.0566. The fourth-order valence-electron chi connectivity index (χ4n) is 2.34. The summed E-state index contributed by atoms with van der Waals surface area (Å²) in [6.45, 7) is 6.60. The van der Waals surface area contributed by atoms with Crippen molar-refractivity contribution in [1.82, 2.24) is 10.2 Å². The molecule has 19 heavy (non-hydrogen) atoms. The third-order valence-electron chi connectivity index (χ3n) is 3.33. The predicted molar refractivity (Wildman–Crippen MR) is 76.0 cm³/mol. The van der Waals surface area contributed by atoms with Crippen LogP contribution in [0, 0.1) is 6.92 Å². The summed E-state index contributed by atoms with van der Waals surface area (Å²) in [4.78, 5) is 27.7. The average molecular weight is 280 g/mol. The lowest BCUT2D eigenvalue weighted by Crippen LogP contribution is -2.39. The summed E-state index contributed by atoms with van der Waals surface area (Å²) in [5, 5.41) is 3.28. The van der Waals surface area contributed by atoms with Gasteiger partial charge in [-0.1, -0.05) is 6.92 Å². The number of rotatable bonds is 5. The third-order valence-corrected chi connectivity index (χ3v) is 4.51. The molecule has 104 valence electrons. The van der Waals surface area contributed by atoms with Crippen LogP contribution in [0.2, 0.25) is 0 Å². The number of nitrogens with zero attached hydrogens (tertiary/aromatic N) is 1. The molecule has 5 heteroatoms. The number of aryl methyl sites for hydroxylation is 1. The molecule has 0 aromatic carbocycles. The molecule has 1 saturated heterocycles. The van der Waals surface area contributed by atoms with Gasteiger partial charge in [-0.15, -0.1) is 11.3 Å². The van der Waals surface area contributed by atoms with E-state index in [1.165, 1.54) is 14.7 Å². The van der Waals surface area contributed by atoms with Crippen LogP contribution >= 0.6 is 11.3 Å². The molecule has 0 radical (unpaired) electrons. The first-order chi connectivity index (χ1) is 9.02. The highest BCUT2D eigenvalue weighted by Crippen LogP contribution is 2.24. The molecule has 0 spiro atoms. The van der Waals surface area contributed by atoms with Crippen molar-refractivity contribution in [2.24, 2.45) is 0 Å². The van der Waals surface area contributed by atoms with Gasteiger partial charge in [0.05, 0.1) is 12.5 Å². The third kappa shape index (κ3) is 3.04. The van der Waals surface area contributed by atoms with Crippen molar-refractivity contribution >= 4 is 23.2 Å². The molecule has 0 aliphatic carbocycles. The Kier molecular flexibility index (Phi) is 4.37. The largest absolute Gasteiger partial charge is 0.298 e. The molecule has 1 aromatic heterocycles. The quantitative estimate of drug-likeness (QED) is 0.842. The molecule has 2 atom stereocenters. The number of carbonyl (C=O) groups is 2. The fraction of sp³-hybridized carbons (Fsp3) is 0.571. The first-order valence-corrected chi connectivity index (χ1v) is 7.51. The Morgan fingerprint density at radius 2 is 2.21 bits per heavy atom. The van der Waals surface area contributed by atoms with Crippen LogP contribution < -0.4 is 5.32 Å². The first-order valence-electron chi connectivity index (χ1n) is 6.69. The summed E-state index contributed by atoms with van der Waals surface area (Å²) in [5.74, 6) is -0.133. The number of hydrogen-bond donors (Lipinski definition) is 1. The molecule has 1 aromatic rings. The van der Waals surface area contributed by atoms with E-state index in [0.29, 0.717) is 6.54 Å². The van der Waals surface area contributed by atoms with Gasteiger partial charge < -0.3 is 0 Å². The Morgan fingerprint density at radius 1 is 1.47 bits per heavy atom. The molecule has 2 heterocycles. The second kappa shape index (κ2) is 5.84. The van der Waals surface area contributed by atoms with Gasteiger partial charge in [0, 0.05) is 22.3 Å². The minimum atomic E-state index is -0.364. The molecule has 2 rings (SSSR count). The summed E-state index contributed by atoms with van der Waals surface area (Å²) in [5.41, 5.74) is 0. The highest BCUT2D eigenvalue weighted by Gasteiger charge is 2.38. The number of amides is 2. The maximum Gasteiger partial charge on any atom is 0.246 e. The van der Waals surface area contributed by atoms with Crippen LogP contribution in [-0.2, 0) is 9.59 Å². The lowest BCUT2D eigenvalue weighted by atomic mass is 10.2. The van der Waals surface area contributed by atoms with Gasteiger partial charge in [-0.3, -0.25) is 19.8 Å². The maximum atomic E-state index is 12.1. The SMILES string of the molecule is CCCN1C(=O)CC(NC(C)c2ccc(C)s2)C1=O. The first kappa shape index (κ1) is 14.2. The second-order valence-corrected chi connectivity index (χ2v) is 6.30. The van der Waals surface area contributed by atoms with E-state index in [4.69, 9.17) is 0 Å². The molecule has 1 aliphatic heterocycles. The molecule has 1 fully saturated rings. The van der Waals surface area contributed by atoms with Crippen LogP contribution in [-0.4, -0.2) is 29.3 Å². The molecule has 1 aliphatic rings. The monoisotopic (exact) mass is 280 g/mol. The van der Waals surface area contributed by atoms with E-state index in [-0.39, 0.29) is 30.3 Å². The zero-order valence-corrected chi connectivity index (χ0v) is 12.4. The molecule has 0 bridgehead atoms. The Labute approximate surface area is 117 Å². The summed E-state index contributed by atoms with van der Waals surface area (Å²) in [6.07, 6.45) is 1.09.